The number of anilines is 3. The lowest BCUT2D eigenvalue weighted by atomic mass is 10.0. The molecule has 4 aromatic rings. The quantitative estimate of drug-likeness (QED) is 0.168. The smallest absolute Gasteiger partial charge is 0.165 e. The number of aromatic hydroxyl groups is 1. The molecule has 0 fully saturated rings. The summed E-state index contributed by atoms with van der Waals surface area (Å²) in [5, 5.41) is 15.0. The highest BCUT2D eigenvalue weighted by Gasteiger charge is 2.08. The largest absolute Gasteiger partial charge is 0.505 e. The summed E-state index contributed by atoms with van der Waals surface area (Å²) in [7, 11) is 1.70. The molecule has 0 aliphatic heterocycles. The molecule has 1 heterocycles. The van der Waals surface area contributed by atoms with Gasteiger partial charge < -0.3 is 22.3 Å². The molecule has 8 nitrogen and oxygen atoms in total. The normalized spacial score (nSPS) is 9.74. The first-order valence-electron chi connectivity index (χ1n) is 9.30. The van der Waals surface area contributed by atoms with Crippen molar-refractivity contribution >= 4 is 40.0 Å². The number of phenols is 1. The van der Waals surface area contributed by atoms with E-state index in [0.717, 1.165) is 16.5 Å². The van der Waals surface area contributed by atoms with Crippen LogP contribution in [-0.4, -0.2) is 27.0 Å². The standard InChI is InChI=1S/C11H9NO2.C6H9N3O.C6H7N/c12-10-9-4-2-1-3-7(9)5-8(6-13)11(10)14;1-4(10)5-3-8-9(2)6(5)7;7-6-4-2-1-3-5-6/h1-6,14H,12H2;3H,7H2,1-2H3;1-5H,7H2. The number of aryl methyl sites for hydroxylation is 1. The number of Topliss-reactive ketones (excluding diaryl/α,β-unsaturated/α-hetero) is 1. The molecule has 0 radical (unpaired) electrons. The van der Waals surface area contributed by atoms with Crippen LogP contribution in [0.15, 0.2) is 66.9 Å². The summed E-state index contributed by atoms with van der Waals surface area (Å²) >= 11 is 0. The van der Waals surface area contributed by atoms with Gasteiger partial charge in [-0.1, -0.05) is 42.5 Å². The maximum absolute atomic E-state index is 10.7. The van der Waals surface area contributed by atoms with Crippen LogP contribution in [0.5, 0.6) is 5.75 Å². The van der Waals surface area contributed by atoms with Gasteiger partial charge in [-0.2, -0.15) is 5.10 Å². The van der Waals surface area contributed by atoms with Crippen LogP contribution in [0.3, 0.4) is 0 Å². The first kappa shape index (κ1) is 23.0. The van der Waals surface area contributed by atoms with E-state index in [1.807, 2.05) is 48.5 Å². The van der Waals surface area contributed by atoms with Gasteiger partial charge in [-0.25, -0.2) is 0 Å². The van der Waals surface area contributed by atoms with Crippen LogP contribution in [0.25, 0.3) is 10.8 Å². The Kier molecular flexibility index (Phi) is 7.74. The topological polar surface area (TPSA) is 150 Å². The number of phenolic OH excluding ortho intramolecular Hbond substituents is 1. The number of aldehydes is 1. The van der Waals surface area contributed by atoms with Gasteiger partial charge in [0.2, 0.25) is 0 Å². The van der Waals surface area contributed by atoms with Crippen LogP contribution < -0.4 is 17.2 Å². The Morgan fingerprint density at radius 1 is 1.03 bits per heavy atom. The third kappa shape index (κ3) is 5.83. The van der Waals surface area contributed by atoms with Crippen molar-refractivity contribution in [2.45, 2.75) is 6.92 Å². The Morgan fingerprint density at radius 3 is 2.10 bits per heavy atom. The van der Waals surface area contributed by atoms with Gasteiger partial charge in [-0.05, 0) is 30.5 Å². The molecule has 31 heavy (non-hydrogen) atoms. The number of nitrogen functional groups attached to an aromatic ring is 3. The molecule has 0 unspecified atom stereocenters. The number of fused-ring (bicyclic) bond motifs is 1. The van der Waals surface area contributed by atoms with Gasteiger partial charge in [0, 0.05) is 18.1 Å². The van der Waals surface area contributed by atoms with Crippen LogP contribution >= 0.6 is 0 Å². The Morgan fingerprint density at radius 2 is 1.65 bits per heavy atom. The molecule has 0 amide bonds. The zero-order valence-electron chi connectivity index (χ0n) is 17.3. The number of hydrogen-bond donors (Lipinski definition) is 4. The van der Waals surface area contributed by atoms with Crippen molar-refractivity contribution in [3.05, 3.63) is 78.0 Å². The summed E-state index contributed by atoms with van der Waals surface area (Å²) in [5.41, 5.74) is 18.3. The number of rotatable bonds is 2. The van der Waals surface area contributed by atoms with E-state index in [1.165, 1.54) is 17.8 Å². The molecule has 0 aliphatic rings. The molecule has 4 rings (SSSR count). The van der Waals surface area contributed by atoms with Crippen LogP contribution in [0.4, 0.5) is 17.2 Å². The molecule has 0 saturated heterocycles. The number of nitrogens with two attached hydrogens (primary N) is 3. The summed E-state index contributed by atoms with van der Waals surface area (Å²) in [6.07, 6.45) is 2.07. The molecule has 3 aromatic carbocycles. The Labute approximate surface area is 179 Å². The van der Waals surface area contributed by atoms with E-state index < -0.39 is 0 Å². The first-order valence-corrected chi connectivity index (χ1v) is 9.30. The first-order chi connectivity index (χ1) is 14.8. The van der Waals surface area contributed by atoms with Crippen molar-refractivity contribution in [2.75, 3.05) is 17.2 Å². The van der Waals surface area contributed by atoms with Crippen molar-refractivity contribution in [2.24, 2.45) is 7.05 Å². The number of ketones is 1. The van der Waals surface area contributed by atoms with Gasteiger partial charge in [0.05, 0.1) is 23.0 Å². The average Bonchev–Trinajstić information content (AvgIpc) is 3.11. The number of carbonyl (C=O) groups excluding carboxylic acids is 2. The van der Waals surface area contributed by atoms with Gasteiger partial charge in [-0.3, -0.25) is 14.3 Å². The molecule has 0 saturated carbocycles. The van der Waals surface area contributed by atoms with E-state index in [9.17, 15) is 14.7 Å². The molecule has 8 heteroatoms. The van der Waals surface area contributed by atoms with Gasteiger partial charge >= 0.3 is 0 Å². The fraction of sp³-hybridized carbons (Fsp3) is 0.0870. The highest BCUT2D eigenvalue weighted by Crippen LogP contribution is 2.32. The summed E-state index contributed by atoms with van der Waals surface area (Å²) in [5.74, 6) is 0.233. The molecule has 7 N–H and O–H groups in total. The van der Waals surface area contributed by atoms with Gasteiger partial charge in [0.1, 0.15) is 11.6 Å². The maximum Gasteiger partial charge on any atom is 0.165 e. The van der Waals surface area contributed by atoms with Crippen molar-refractivity contribution < 1.29 is 14.7 Å². The second-order valence-electron chi connectivity index (χ2n) is 6.60. The zero-order chi connectivity index (χ0) is 23.0. The third-order valence-corrected chi connectivity index (χ3v) is 4.38. The van der Waals surface area contributed by atoms with Crippen molar-refractivity contribution in [3.8, 4) is 5.75 Å². The van der Waals surface area contributed by atoms with Gasteiger partial charge in [0.15, 0.2) is 12.1 Å². The van der Waals surface area contributed by atoms with E-state index in [-0.39, 0.29) is 22.8 Å². The minimum absolute atomic E-state index is 0.0504. The van der Waals surface area contributed by atoms with Crippen LogP contribution in [-0.2, 0) is 7.05 Å². The minimum Gasteiger partial charge on any atom is -0.505 e. The average molecular weight is 419 g/mol. The lowest BCUT2D eigenvalue weighted by Gasteiger charge is -2.06. The fourth-order valence-corrected chi connectivity index (χ4v) is 2.65. The van der Waals surface area contributed by atoms with Crippen LogP contribution in [0, 0.1) is 0 Å². The van der Waals surface area contributed by atoms with Crippen LogP contribution in [0.1, 0.15) is 27.6 Å². The van der Waals surface area contributed by atoms with Crippen molar-refractivity contribution in [1.82, 2.24) is 9.78 Å². The molecule has 0 bridgehead atoms. The third-order valence-electron chi connectivity index (χ3n) is 4.38. The number of hydrogen-bond acceptors (Lipinski definition) is 7. The highest BCUT2D eigenvalue weighted by atomic mass is 16.3. The van der Waals surface area contributed by atoms with Gasteiger partial charge in [-0.15, -0.1) is 0 Å². The molecular weight excluding hydrogens is 394 g/mol. The lowest BCUT2D eigenvalue weighted by Crippen LogP contribution is -2.01. The number of benzene rings is 3. The van der Waals surface area contributed by atoms with Gasteiger partial charge in [0.25, 0.3) is 0 Å². The molecule has 0 atom stereocenters. The zero-order valence-corrected chi connectivity index (χ0v) is 17.3. The maximum atomic E-state index is 10.7. The monoisotopic (exact) mass is 419 g/mol. The summed E-state index contributed by atoms with van der Waals surface area (Å²) in [6.45, 7) is 1.47. The SMILES string of the molecule is CC(=O)c1cnn(C)c1N.Nc1c(O)c(C=O)cc2ccccc12.Nc1ccccc1. The number of carbonyl (C=O) groups is 2. The predicted octanol–water partition coefficient (Wildman–Crippen LogP) is 3.41. The summed E-state index contributed by atoms with van der Waals surface area (Å²) in [6, 6.07) is 18.4. The molecule has 0 spiro atoms. The van der Waals surface area contributed by atoms with E-state index in [0.29, 0.717) is 17.7 Å². The Bertz CT molecular complexity index is 1190. The number of aromatic nitrogens is 2. The Balaban J connectivity index is 0.000000176. The Hall–Kier alpha value is -4.33. The van der Waals surface area contributed by atoms with E-state index in [2.05, 4.69) is 5.10 Å². The minimum atomic E-state index is -0.140. The summed E-state index contributed by atoms with van der Waals surface area (Å²) in [4.78, 5) is 21.4. The van der Waals surface area contributed by atoms with Crippen molar-refractivity contribution in [3.63, 3.8) is 0 Å². The molecule has 0 aliphatic carbocycles. The predicted molar refractivity (Wildman–Crippen MR) is 124 cm³/mol. The fourth-order valence-electron chi connectivity index (χ4n) is 2.65. The van der Waals surface area contributed by atoms with Crippen molar-refractivity contribution in [1.29, 1.82) is 0 Å². The number of para-hydroxylation sites is 1. The second-order valence-corrected chi connectivity index (χ2v) is 6.60. The molecular formula is C23H25N5O3. The summed E-state index contributed by atoms with van der Waals surface area (Å²) < 4.78 is 1.47. The highest BCUT2D eigenvalue weighted by molar-refractivity contribution is 6.01. The van der Waals surface area contributed by atoms with E-state index >= 15 is 0 Å². The lowest BCUT2D eigenvalue weighted by molar-refractivity contribution is 0.101. The molecule has 1 aromatic heterocycles. The van der Waals surface area contributed by atoms with Crippen LogP contribution in [0.2, 0.25) is 0 Å². The van der Waals surface area contributed by atoms with E-state index in [1.54, 1.807) is 19.2 Å². The molecule has 160 valence electrons. The number of nitrogens with zero attached hydrogens (tertiary/aromatic N) is 2. The second kappa shape index (κ2) is 10.4. The van der Waals surface area contributed by atoms with E-state index in [4.69, 9.17) is 17.2 Å².